The van der Waals surface area contributed by atoms with Crippen LogP contribution in [-0.4, -0.2) is 32.5 Å². The van der Waals surface area contributed by atoms with Gasteiger partial charge in [-0.25, -0.2) is 0 Å². The van der Waals surface area contributed by atoms with Gasteiger partial charge >= 0.3 is 0 Å². The molecule has 0 radical (unpaired) electrons. The number of rotatable bonds is 10. The van der Waals surface area contributed by atoms with E-state index in [4.69, 9.17) is 0 Å². The molecule has 24 heavy (non-hydrogen) atoms. The summed E-state index contributed by atoms with van der Waals surface area (Å²) in [5.74, 6) is 1.58. The summed E-state index contributed by atoms with van der Waals surface area (Å²) in [6.45, 7) is 2.23. The first kappa shape index (κ1) is 19.3. The van der Waals surface area contributed by atoms with Gasteiger partial charge in [-0.05, 0) is 19.3 Å². The fourth-order valence-corrected chi connectivity index (χ4v) is 3.96. The van der Waals surface area contributed by atoms with Gasteiger partial charge in [0.1, 0.15) is 5.82 Å². The summed E-state index contributed by atoms with van der Waals surface area (Å²) in [5.41, 5.74) is 0. The molecule has 1 aromatic heterocycles. The minimum absolute atomic E-state index is 0.121. The Morgan fingerprint density at radius 2 is 1.92 bits per heavy atom. The molecule has 1 N–H and O–H groups in total. The van der Waals surface area contributed by atoms with E-state index in [0.717, 1.165) is 30.2 Å². The molecule has 5 nitrogen and oxygen atoms in total. The molecular formula is C18H32N4OS. The number of hydrogen-bond donors (Lipinski definition) is 1. The van der Waals surface area contributed by atoms with Crippen LogP contribution in [-0.2, 0) is 18.3 Å². The fraction of sp³-hybridized carbons (Fsp3) is 0.833. The molecule has 0 spiro atoms. The van der Waals surface area contributed by atoms with E-state index in [1.165, 1.54) is 63.1 Å². The zero-order valence-electron chi connectivity index (χ0n) is 15.2. The Bertz CT molecular complexity index is 497. The molecule has 0 unspecified atom stereocenters. The molecule has 1 fully saturated rings. The molecule has 1 aliphatic rings. The molecule has 0 bridgehead atoms. The van der Waals surface area contributed by atoms with Crippen molar-refractivity contribution in [2.45, 2.75) is 88.8 Å². The van der Waals surface area contributed by atoms with Crippen molar-refractivity contribution < 1.29 is 4.79 Å². The highest BCUT2D eigenvalue weighted by Crippen LogP contribution is 2.19. The molecule has 1 aromatic rings. The molecule has 0 aliphatic heterocycles. The molecule has 2 rings (SSSR count). The Morgan fingerprint density at radius 3 is 2.67 bits per heavy atom. The largest absolute Gasteiger partial charge is 0.353 e. The Morgan fingerprint density at radius 1 is 1.17 bits per heavy atom. The van der Waals surface area contributed by atoms with Gasteiger partial charge in [-0.1, -0.05) is 63.6 Å². The number of thioether (sulfide) groups is 1. The monoisotopic (exact) mass is 352 g/mol. The summed E-state index contributed by atoms with van der Waals surface area (Å²) in [6.07, 6.45) is 13.3. The highest BCUT2D eigenvalue weighted by Gasteiger charge is 2.17. The number of carbonyl (C=O) groups is 1. The Balaban J connectivity index is 1.69. The first-order valence-electron chi connectivity index (χ1n) is 9.51. The molecular weight excluding hydrogens is 320 g/mol. The summed E-state index contributed by atoms with van der Waals surface area (Å²) in [6, 6.07) is 0.380. The van der Waals surface area contributed by atoms with Crippen molar-refractivity contribution in [2.24, 2.45) is 7.05 Å². The van der Waals surface area contributed by atoms with Crippen molar-refractivity contribution in [3.05, 3.63) is 5.82 Å². The van der Waals surface area contributed by atoms with Crippen molar-refractivity contribution >= 4 is 17.7 Å². The van der Waals surface area contributed by atoms with Crippen LogP contribution >= 0.6 is 11.8 Å². The normalized spacial score (nSPS) is 15.6. The average molecular weight is 353 g/mol. The van der Waals surface area contributed by atoms with Gasteiger partial charge in [-0.15, -0.1) is 10.2 Å². The van der Waals surface area contributed by atoms with Crippen molar-refractivity contribution in [2.75, 3.05) is 5.75 Å². The molecule has 1 aliphatic carbocycles. The van der Waals surface area contributed by atoms with Crippen LogP contribution in [0, 0.1) is 0 Å². The maximum Gasteiger partial charge on any atom is 0.230 e. The van der Waals surface area contributed by atoms with E-state index in [2.05, 4.69) is 22.4 Å². The van der Waals surface area contributed by atoms with E-state index >= 15 is 0 Å². The number of hydrogen-bond acceptors (Lipinski definition) is 4. The van der Waals surface area contributed by atoms with E-state index in [9.17, 15) is 4.79 Å². The number of unbranched alkanes of at least 4 members (excludes halogenated alkanes) is 4. The van der Waals surface area contributed by atoms with Gasteiger partial charge in [0.05, 0.1) is 5.75 Å². The lowest BCUT2D eigenvalue weighted by atomic mass is 9.95. The van der Waals surface area contributed by atoms with Crippen LogP contribution in [0.4, 0.5) is 0 Å². The molecule has 0 saturated heterocycles. The average Bonchev–Trinajstić information content (AvgIpc) is 2.94. The van der Waals surface area contributed by atoms with Gasteiger partial charge in [0.15, 0.2) is 5.16 Å². The summed E-state index contributed by atoms with van der Waals surface area (Å²) in [5, 5.41) is 12.5. The van der Waals surface area contributed by atoms with Crippen molar-refractivity contribution in [1.29, 1.82) is 0 Å². The van der Waals surface area contributed by atoms with Crippen LogP contribution in [0.5, 0.6) is 0 Å². The zero-order valence-corrected chi connectivity index (χ0v) is 16.0. The molecule has 136 valence electrons. The summed E-state index contributed by atoms with van der Waals surface area (Å²) in [7, 11) is 2.00. The van der Waals surface area contributed by atoms with Crippen LogP contribution in [0.25, 0.3) is 0 Å². The smallest absolute Gasteiger partial charge is 0.230 e. The number of amides is 1. The van der Waals surface area contributed by atoms with Crippen molar-refractivity contribution in [3.8, 4) is 0 Å². The number of aromatic nitrogens is 3. The molecule has 0 atom stereocenters. The van der Waals surface area contributed by atoms with Crippen LogP contribution in [0.15, 0.2) is 5.16 Å². The highest BCUT2D eigenvalue weighted by molar-refractivity contribution is 7.99. The SMILES string of the molecule is CCCCCCCc1nnc(SCC(=O)NC2CCCCC2)n1C. The second-order valence-corrected chi connectivity index (χ2v) is 7.76. The number of carbonyl (C=O) groups excluding carboxylic acids is 1. The lowest BCUT2D eigenvalue weighted by molar-refractivity contribution is -0.119. The summed E-state index contributed by atoms with van der Waals surface area (Å²) < 4.78 is 2.04. The predicted molar refractivity (Wildman–Crippen MR) is 99.2 cm³/mol. The predicted octanol–water partition coefficient (Wildman–Crippen LogP) is 3.87. The third-order valence-electron chi connectivity index (χ3n) is 4.73. The number of aryl methyl sites for hydroxylation is 1. The fourth-order valence-electron chi connectivity index (χ4n) is 3.22. The van der Waals surface area contributed by atoms with Gasteiger partial charge < -0.3 is 9.88 Å². The Labute approximate surface area is 150 Å². The Kier molecular flexibility index (Phi) is 8.64. The summed E-state index contributed by atoms with van der Waals surface area (Å²) >= 11 is 1.49. The van der Waals surface area contributed by atoms with E-state index in [-0.39, 0.29) is 5.91 Å². The van der Waals surface area contributed by atoms with Gasteiger partial charge in [-0.2, -0.15) is 0 Å². The number of nitrogens with one attached hydrogen (secondary N) is 1. The van der Waals surface area contributed by atoms with Crippen LogP contribution in [0.2, 0.25) is 0 Å². The van der Waals surface area contributed by atoms with Crippen LogP contribution < -0.4 is 5.32 Å². The first-order valence-corrected chi connectivity index (χ1v) is 10.5. The van der Waals surface area contributed by atoms with Gasteiger partial charge in [0.2, 0.25) is 5.91 Å². The lowest BCUT2D eigenvalue weighted by Gasteiger charge is -2.22. The number of nitrogens with zero attached hydrogens (tertiary/aromatic N) is 3. The molecule has 1 amide bonds. The second-order valence-electron chi connectivity index (χ2n) is 6.81. The van der Waals surface area contributed by atoms with Crippen LogP contribution in [0.1, 0.15) is 77.0 Å². The topological polar surface area (TPSA) is 59.8 Å². The Hall–Kier alpha value is -1.04. The molecule has 1 heterocycles. The van der Waals surface area contributed by atoms with Crippen LogP contribution in [0.3, 0.4) is 0 Å². The lowest BCUT2D eigenvalue weighted by Crippen LogP contribution is -2.37. The van der Waals surface area contributed by atoms with Gasteiger partial charge in [0, 0.05) is 19.5 Å². The highest BCUT2D eigenvalue weighted by atomic mass is 32.2. The minimum atomic E-state index is 0.121. The van der Waals surface area contributed by atoms with Crippen molar-refractivity contribution in [3.63, 3.8) is 0 Å². The zero-order chi connectivity index (χ0) is 17.2. The van der Waals surface area contributed by atoms with E-state index in [0.29, 0.717) is 11.8 Å². The quantitative estimate of drug-likeness (QED) is 0.513. The first-order chi connectivity index (χ1) is 11.7. The van der Waals surface area contributed by atoms with Gasteiger partial charge in [0.25, 0.3) is 0 Å². The second kappa shape index (κ2) is 10.7. The molecule has 1 saturated carbocycles. The third kappa shape index (κ3) is 6.46. The molecule has 0 aromatic carbocycles. The van der Waals surface area contributed by atoms with Gasteiger partial charge in [-0.3, -0.25) is 4.79 Å². The molecule has 6 heteroatoms. The summed E-state index contributed by atoms with van der Waals surface area (Å²) in [4.78, 5) is 12.1. The van der Waals surface area contributed by atoms with E-state index < -0.39 is 0 Å². The van der Waals surface area contributed by atoms with E-state index in [1.54, 1.807) is 0 Å². The minimum Gasteiger partial charge on any atom is -0.353 e. The van der Waals surface area contributed by atoms with Crippen molar-refractivity contribution in [1.82, 2.24) is 20.1 Å². The maximum atomic E-state index is 12.1. The maximum absolute atomic E-state index is 12.1. The van der Waals surface area contributed by atoms with E-state index in [1.807, 2.05) is 11.6 Å². The third-order valence-corrected chi connectivity index (χ3v) is 5.75. The standard InChI is InChI=1S/C18H32N4OS/c1-3-4-5-6-10-13-16-20-21-18(22(16)2)24-14-17(23)19-15-11-8-7-9-12-15/h15H,3-14H2,1-2H3,(H,19,23).